The van der Waals surface area contributed by atoms with Gasteiger partial charge in [-0.25, -0.2) is 15.0 Å². The van der Waals surface area contributed by atoms with Gasteiger partial charge in [0, 0.05) is 31.0 Å². The Balaban J connectivity index is 1.60. The van der Waals surface area contributed by atoms with Gasteiger partial charge in [0.2, 0.25) is 0 Å². The maximum atomic E-state index is 12.5. The van der Waals surface area contributed by atoms with Crippen molar-refractivity contribution in [1.29, 1.82) is 0 Å². The van der Waals surface area contributed by atoms with Crippen LogP contribution in [0.25, 0.3) is 0 Å². The number of carbonyl (C=O) groups is 1. The lowest BCUT2D eigenvalue weighted by Gasteiger charge is -2.32. The summed E-state index contributed by atoms with van der Waals surface area (Å²) in [5, 5.41) is 0. The minimum Gasteiger partial charge on any atom is -0.375 e. The van der Waals surface area contributed by atoms with Crippen molar-refractivity contribution >= 4 is 5.91 Å². The van der Waals surface area contributed by atoms with E-state index < -0.39 is 0 Å². The zero-order valence-corrected chi connectivity index (χ0v) is 13.4. The normalized spacial score (nSPS) is 17.7. The van der Waals surface area contributed by atoms with Gasteiger partial charge in [-0.2, -0.15) is 0 Å². The number of carbonyl (C=O) groups excluding carboxylic acids is 1. The number of aromatic nitrogens is 4. The van der Waals surface area contributed by atoms with Crippen molar-refractivity contribution in [2.24, 2.45) is 0 Å². The van der Waals surface area contributed by atoms with Gasteiger partial charge >= 0.3 is 0 Å². The largest absolute Gasteiger partial charge is 0.375 e. The third kappa shape index (κ3) is 4.02. The Kier molecular flexibility index (Phi) is 4.95. The number of hydrogen-bond acceptors (Lipinski definition) is 6. The van der Waals surface area contributed by atoms with Gasteiger partial charge in [-0.3, -0.25) is 9.59 Å². The van der Waals surface area contributed by atoms with Crippen molar-refractivity contribution < 1.29 is 9.53 Å². The van der Waals surface area contributed by atoms with Crippen molar-refractivity contribution in [1.82, 2.24) is 24.8 Å². The summed E-state index contributed by atoms with van der Waals surface area (Å²) >= 11 is 0. The lowest BCUT2D eigenvalue weighted by atomic mass is 10.1. The molecule has 8 nitrogen and oxygen atoms in total. The van der Waals surface area contributed by atoms with E-state index in [-0.39, 0.29) is 17.6 Å². The third-order valence-corrected chi connectivity index (χ3v) is 3.88. The fourth-order valence-corrected chi connectivity index (χ4v) is 2.67. The van der Waals surface area contributed by atoms with Crippen LogP contribution in [0.1, 0.15) is 28.4 Å². The Bertz CT molecular complexity index is 776. The number of H-pyrrole nitrogens is 1. The first-order valence-corrected chi connectivity index (χ1v) is 7.86. The molecule has 126 valence electrons. The van der Waals surface area contributed by atoms with Gasteiger partial charge in [-0.15, -0.1) is 0 Å². The van der Waals surface area contributed by atoms with E-state index in [4.69, 9.17) is 4.74 Å². The van der Waals surface area contributed by atoms with E-state index in [0.29, 0.717) is 44.1 Å². The third-order valence-electron chi connectivity index (χ3n) is 3.88. The minimum absolute atomic E-state index is 0.0771. The molecule has 1 atom stereocenters. The van der Waals surface area contributed by atoms with Crippen molar-refractivity contribution in [2.75, 3.05) is 19.7 Å². The van der Waals surface area contributed by atoms with Crippen LogP contribution < -0.4 is 5.56 Å². The number of hydrogen-bond donors (Lipinski definition) is 1. The van der Waals surface area contributed by atoms with Gasteiger partial charge in [0.05, 0.1) is 19.0 Å². The van der Waals surface area contributed by atoms with Crippen LogP contribution in [0, 0.1) is 6.92 Å². The van der Waals surface area contributed by atoms with Gasteiger partial charge in [0.15, 0.2) is 0 Å². The molecule has 0 saturated carbocycles. The summed E-state index contributed by atoms with van der Waals surface area (Å²) in [6.07, 6.45) is 4.23. The molecule has 8 heteroatoms. The first kappa shape index (κ1) is 16.3. The molecule has 3 rings (SSSR count). The Labute approximate surface area is 138 Å². The van der Waals surface area contributed by atoms with E-state index in [2.05, 4.69) is 19.9 Å². The maximum Gasteiger partial charge on any atom is 0.272 e. The van der Waals surface area contributed by atoms with Crippen LogP contribution in [0.4, 0.5) is 0 Å². The topological polar surface area (TPSA) is 101 Å². The SMILES string of the molecule is Cc1nccc(C(=O)N2CCOC(CCc3cc(=O)[nH]cn3)C2)n1. The average Bonchev–Trinajstić information content (AvgIpc) is 2.60. The molecule has 2 aromatic heterocycles. The summed E-state index contributed by atoms with van der Waals surface area (Å²) in [5.74, 6) is 0.467. The molecule has 1 amide bonds. The zero-order chi connectivity index (χ0) is 16.9. The van der Waals surface area contributed by atoms with Gasteiger partial charge in [-0.05, 0) is 25.8 Å². The number of rotatable bonds is 4. The van der Waals surface area contributed by atoms with Crippen LogP contribution in [0.2, 0.25) is 0 Å². The predicted octanol–water partition coefficient (Wildman–Crippen LogP) is 0.342. The summed E-state index contributed by atoms with van der Waals surface area (Å²) in [5.41, 5.74) is 0.956. The first-order chi connectivity index (χ1) is 11.6. The van der Waals surface area contributed by atoms with Gasteiger partial charge in [-0.1, -0.05) is 0 Å². The number of ether oxygens (including phenoxy) is 1. The van der Waals surface area contributed by atoms with Crippen LogP contribution in [-0.4, -0.2) is 56.5 Å². The van der Waals surface area contributed by atoms with Crippen LogP contribution in [0.3, 0.4) is 0 Å². The molecule has 1 unspecified atom stereocenters. The Morgan fingerprint density at radius 1 is 1.46 bits per heavy atom. The number of aromatic amines is 1. The molecular formula is C16H19N5O3. The fraction of sp³-hybridized carbons (Fsp3) is 0.438. The first-order valence-electron chi connectivity index (χ1n) is 7.86. The Morgan fingerprint density at radius 2 is 2.33 bits per heavy atom. The van der Waals surface area contributed by atoms with Crippen LogP contribution in [0.5, 0.6) is 0 Å². The number of aryl methyl sites for hydroxylation is 2. The summed E-state index contributed by atoms with van der Waals surface area (Å²) in [6, 6.07) is 3.11. The maximum absolute atomic E-state index is 12.5. The van der Waals surface area contributed by atoms with E-state index in [0.717, 1.165) is 5.69 Å². The second kappa shape index (κ2) is 7.31. The van der Waals surface area contributed by atoms with Crippen molar-refractivity contribution in [3.05, 3.63) is 52.2 Å². The molecule has 1 saturated heterocycles. The molecule has 1 N–H and O–H groups in total. The van der Waals surface area contributed by atoms with E-state index in [9.17, 15) is 9.59 Å². The highest BCUT2D eigenvalue weighted by Crippen LogP contribution is 2.13. The second-order valence-corrected chi connectivity index (χ2v) is 5.67. The molecule has 3 heterocycles. The molecule has 1 aliphatic rings. The molecule has 0 aromatic carbocycles. The van der Waals surface area contributed by atoms with Gasteiger partial charge < -0.3 is 14.6 Å². The van der Waals surface area contributed by atoms with E-state index in [1.807, 2.05) is 0 Å². The lowest BCUT2D eigenvalue weighted by Crippen LogP contribution is -2.46. The number of morpholine rings is 1. The minimum atomic E-state index is -0.166. The predicted molar refractivity (Wildman–Crippen MR) is 85.6 cm³/mol. The fourth-order valence-electron chi connectivity index (χ4n) is 2.67. The summed E-state index contributed by atoms with van der Waals surface area (Å²) < 4.78 is 5.73. The molecule has 0 bridgehead atoms. The Hall–Kier alpha value is -2.61. The monoisotopic (exact) mass is 329 g/mol. The standard InChI is InChI=1S/C16H19N5O3/c1-11-17-5-4-14(20-11)16(23)21-6-7-24-13(9-21)3-2-12-8-15(22)19-10-18-12/h4-5,8,10,13H,2-3,6-7,9H2,1H3,(H,18,19,22). The van der Waals surface area contributed by atoms with Crippen molar-refractivity contribution in [2.45, 2.75) is 25.9 Å². The molecule has 24 heavy (non-hydrogen) atoms. The average molecular weight is 329 g/mol. The van der Waals surface area contributed by atoms with Crippen LogP contribution >= 0.6 is 0 Å². The number of nitrogens with zero attached hydrogens (tertiary/aromatic N) is 4. The lowest BCUT2D eigenvalue weighted by molar-refractivity contribution is -0.0248. The zero-order valence-electron chi connectivity index (χ0n) is 13.4. The van der Waals surface area contributed by atoms with Crippen molar-refractivity contribution in [3.63, 3.8) is 0 Å². The molecule has 0 radical (unpaired) electrons. The summed E-state index contributed by atoms with van der Waals surface area (Å²) in [6.45, 7) is 3.30. The highest BCUT2D eigenvalue weighted by molar-refractivity contribution is 5.92. The van der Waals surface area contributed by atoms with E-state index in [1.165, 1.54) is 12.4 Å². The highest BCUT2D eigenvalue weighted by Gasteiger charge is 2.25. The molecule has 1 aliphatic heterocycles. The highest BCUT2D eigenvalue weighted by atomic mass is 16.5. The smallest absolute Gasteiger partial charge is 0.272 e. The Morgan fingerprint density at radius 3 is 3.12 bits per heavy atom. The van der Waals surface area contributed by atoms with Crippen LogP contribution in [-0.2, 0) is 11.2 Å². The number of amides is 1. The molecule has 0 spiro atoms. The summed E-state index contributed by atoms with van der Waals surface area (Å²) in [7, 11) is 0. The van der Waals surface area contributed by atoms with E-state index in [1.54, 1.807) is 24.1 Å². The van der Waals surface area contributed by atoms with E-state index >= 15 is 0 Å². The molecule has 1 fully saturated rings. The van der Waals surface area contributed by atoms with Gasteiger partial charge in [0.25, 0.3) is 11.5 Å². The second-order valence-electron chi connectivity index (χ2n) is 5.67. The van der Waals surface area contributed by atoms with Crippen LogP contribution in [0.15, 0.2) is 29.5 Å². The summed E-state index contributed by atoms with van der Waals surface area (Å²) in [4.78, 5) is 40.4. The van der Waals surface area contributed by atoms with Gasteiger partial charge in [0.1, 0.15) is 11.5 Å². The molecule has 2 aromatic rings. The molecule has 0 aliphatic carbocycles. The number of nitrogens with one attached hydrogen (secondary N) is 1. The quantitative estimate of drug-likeness (QED) is 0.868. The molecular weight excluding hydrogens is 310 g/mol. The van der Waals surface area contributed by atoms with Crippen molar-refractivity contribution in [3.8, 4) is 0 Å².